The molecular formula is C17H20N2O4. The van der Waals surface area contributed by atoms with Crippen LogP contribution in [-0.2, 0) is 24.4 Å². The van der Waals surface area contributed by atoms with E-state index in [0.717, 1.165) is 29.0 Å². The van der Waals surface area contributed by atoms with E-state index in [9.17, 15) is 4.79 Å². The van der Waals surface area contributed by atoms with E-state index in [1.807, 2.05) is 26.0 Å². The molecule has 0 saturated heterocycles. The lowest BCUT2D eigenvalue weighted by atomic mass is 10.1. The number of nitrogens with one attached hydrogen (secondary N) is 1. The first-order valence-corrected chi connectivity index (χ1v) is 7.75. The van der Waals surface area contributed by atoms with E-state index >= 15 is 0 Å². The Morgan fingerprint density at radius 2 is 2.30 bits per heavy atom. The normalized spacial score (nSPS) is 13.5. The molecule has 0 unspecified atom stereocenters. The zero-order chi connectivity index (χ0) is 16.2. The summed E-state index contributed by atoms with van der Waals surface area (Å²) >= 11 is 0. The number of amides is 1. The lowest BCUT2D eigenvalue weighted by molar-refractivity contribution is 0.0950. The number of ether oxygens (including phenoxy) is 2. The molecule has 0 atom stereocenters. The maximum absolute atomic E-state index is 12.2. The van der Waals surface area contributed by atoms with Crippen molar-refractivity contribution in [3.8, 4) is 5.75 Å². The molecule has 1 amide bonds. The van der Waals surface area contributed by atoms with E-state index in [-0.39, 0.29) is 12.5 Å². The fourth-order valence-electron chi connectivity index (χ4n) is 2.61. The van der Waals surface area contributed by atoms with Gasteiger partial charge < -0.3 is 19.3 Å². The summed E-state index contributed by atoms with van der Waals surface area (Å²) in [5, 5.41) is 6.87. The van der Waals surface area contributed by atoms with Crippen molar-refractivity contribution >= 4 is 5.91 Å². The van der Waals surface area contributed by atoms with Crippen LogP contribution in [0.5, 0.6) is 5.75 Å². The summed E-state index contributed by atoms with van der Waals surface area (Å²) in [6.45, 7) is 5.77. The van der Waals surface area contributed by atoms with Gasteiger partial charge in [-0.05, 0) is 25.5 Å². The summed E-state index contributed by atoms with van der Waals surface area (Å²) in [6.07, 6.45) is 0.733. The fraction of sp³-hybridized carbons (Fsp3) is 0.412. The molecule has 1 aromatic carbocycles. The molecule has 0 radical (unpaired) electrons. The van der Waals surface area contributed by atoms with E-state index in [2.05, 4.69) is 10.5 Å². The summed E-state index contributed by atoms with van der Waals surface area (Å²) in [4.78, 5) is 12.2. The number of nitrogens with zero attached hydrogens (tertiary/aromatic N) is 1. The molecule has 1 N–H and O–H groups in total. The van der Waals surface area contributed by atoms with Crippen LogP contribution in [0.3, 0.4) is 0 Å². The number of hydrogen-bond acceptors (Lipinski definition) is 5. The Kier molecular flexibility index (Phi) is 4.62. The molecule has 1 aromatic heterocycles. The quantitative estimate of drug-likeness (QED) is 0.917. The third kappa shape index (κ3) is 3.22. The number of benzene rings is 1. The summed E-state index contributed by atoms with van der Waals surface area (Å²) in [5.41, 5.74) is 3.12. The highest BCUT2D eigenvalue weighted by Gasteiger charge is 2.21. The van der Waals surface area contributed by atoms with E-state index in [4.69, 9.17) is 14.0 Å². The molecule has 0 spiro atoms. The molecule has 1 aliphatic heterocycles. The molecular weight excluding hydrogens is 296 g/mol. The number of hydrogen-bond donors (Lipinski definition) is 1. The molecule has 1 aliphatic rings. The highest BCUT2D eigenvalue weighted by Crippen LogP contribution is 2.26. The first-order valence-electron chi connectivity index (χ1n) is 7.75. The van der Waals surface area contributed by atoms with Gasteiger partial charge in [0, 0.05) is 18.5 Å². The lowest BCUT2D eigenvalue weighted by Crippen LogP contribution is -2.23. The van der Waals surface area contributed by atoms with E-state index in [1.165, 1.54) is 0 Å². The third-order valence-corrected chi connectivity index (χ3v) is 3.82. The van der Waals surface area contributed by atoms with Crippen LogP contribution in [-0.4, -0.2) is 24.2 Å². The SMILES string of the molecule is CCNC(=O)c1cccc(C)c1OCc1noc2c1COCC2. The number of carbonyl (C=O) groups excluding carboxylic acids is 1. The van der Waals surface area contributed by atoms with E-state index in [0.29, 0.717) is 31.1 Å². The number of fused-ring (bicyclic) bond motifs is 1. The van der Waals surface area contributed by atoms with Gasteiger partial charge in [-0.25, -0.2) is 0 Å². The fourth-order valence-corrected chi connectivity index (χ4v) is 2.61. The van der Waals surface area contributed by atoms with Crippen molar-refractivity contribution in [3.05, 3.63) is 46.3 Å². The average Bonchev–Trinajstić information content (AvgIpc) is 2.97. The van der Waals surface area contributed by atoms with Crippen LogP contribution in [0.4, 0.5) is 0 Å². The molecule has 0 fully saturated rings. The first kappa shape index (κ1) is 15.6. The standard InChI is InChI=1S/C17H20N2O4/c1-3-18-17(20)12-6-4-5-11(2)16(12)22-10-14-13-9-21-8-7-15(13)23-19-14/h4-6H,3,7-10H2,1-2H3,(H,18,20). The molecule has 122 valence electrons. The van der Waals surface area contributed by atoms with Crippen molar-refractivity contribution in [3.63, 3.8) is 0 Å². The summed E-state index contributed by atoms with van der Waals surface area (Å²) in [6, 6.07) is 5.52. The largest absolute Gasteiger partial charge is 0.486 e. The Bertz CT molecular complexity index is 709. The topological polar surface area (TPSA) is 73.6 Å². The van der Waals surface area contributed by atoms with E-state index in [1.54, 1.807) is 6.07 Å². The Balaban J connectivity index is 1.80. The van der Waals surface area contributed by atoms with Gasteiger partial charge in [0.05, 0.1) is 18.8 Å². The Hall–Kier alpha value is -2.34. The second-order valence-corrected chi connectivity index (χ2v) is 5.43. The van der Waals surface area contributed by atoms with E-state index < -0.39 is 0 Å². The molecule has 6 heteroatoms. The molecule has 2 aromatic rings. The highest BCUT2D eigenvalue weighted by atomic mass is 16.5. The van der Waals surface area contributed by atoms with Crippen LogP contribution >= 0.6 is 0 Å². The lowest BCUT2D eigenvalue weighted by Gasteiger charge is -2.14. The van der Waals surface area contributed by atoms with Gasteiger partial charge in [-0.15, -0.1) is 0 Å². The van der Waals surface area contributed by atoms with Crippen LogP contribution < -0.4 is 10.1 Å². The molecule has 23 heavy (non-hydrogen) atoms. The predicted octanol–water partition coefficient (Wildman–Crippen LogP) is 2.38. The van der Waals surface area contributed by atoms with Crippen LogP contribution in [0.1, 0.15) is 39.9 Å². The second-order valence-electron chi connectivity index (χ2n) is 5.43. The minimum Gasteiger partial charge on any atom is -0.486 e. The Morgan fingerprint density at radius 1 is 1.43 bits per heavy atom. The van der Waals surface area contributed by atoms with Gasteiger partial charge in [-0.3, -0.25) is 4.79 Å². The van der Waals surface area contributed by atoms with Gasteiger partial charge in [-0.2, -0.15) is 0 Å². The number of aromatic nitrogens is 1. The number of rotatable bonds is 5. The summed E-state index contributed by atoms with van der Waals surface area (Å²) in [5.74, 6) is 1.30. The first-order chi connectivity index (χ1) is 11.2. The van der Waals surface area contributed by atoms with Gasteiger partial charge in [0.15, 0.2) is 0 Å². The van der Waals surface area contributed by atoms with Crippen molar-refractivity contribution in [1.82, 2.24) is 10.5 Å². The Labute approximate surface area is 134 Å². The summed E-state index contributed by atoms with van der Waals surface area (Å²) < 4.78 is 16.7. The van der Waals surface area contributed by atoms with Gasteiger partial charge in [0.1, 0.15) is 23.8 Å². The molecule has 0 saturated carbocycles. The van der Waals surface area contributed by atoms with Crippen LogP contribution in [0.25, 0.3) is 0 Å². The zero-order valence-electron chi connectivity index (χ0n) is 13.3. The maximum Gasteiger partial charge on any atom is 0.255 e. The minimum atomic E-state index is -0.142. The molecule has 0 bridgehead atoms. The van der Waals surface area contributed by atoms with Crippen LogP contribution in [0.2, 0.25) is 0 Å². The number of aryl methyl sites for hydroxylation is 1. The van der Waals surface area contributed by atoms with Crippen LogP contribution in [0, 0.1) is 6.92 Å². The Morgan fingerprint density at radius 3 is 3.13 bits per heavy atom. The van der Waals surface area contributed by atoms with Crippen LogP contribution in [0.15, 0.2) is 22.7 Å². The molecule has 6 nitrogen and oxygen atoms in total. The van der Waals surface area contributed by atoms with Gasteiger partial charge >= 0.3 is 0 Å². The van der Waals surface area contributed by atoms with Crippen molar-refractivity contribution in [2.45, 2.75) is 33.5 Å². The number of para-hydroxylation sites is 1. The highest BCUT2D eigenvalue weighted by molar-refractivity contribution is 5.97. The average molecular weight is 316 g/mol. The monoisotopic (exact) mass is 316 g/mol. The predicted molar refractivity (Wildman–Crippen MR) is 83.4 cm³/mol. The minimum absolute atomic E-state index is 0.142. The number of carbonyl (C=O) groups is 1. The maximum atomic E-state index is 12.2. The van der Waals surface area contributed by atoms with Crippen molar-refractivity contribution < 1.29 is 18.8 Å². The van der Waals surface area contributed by atoms with Gasteiger partial charge in [-0.1, -0.05) is 17.3 Å². The third-order valence-electron chi connectivity index (χ3n) is 3.82. The summed E-state index contributed by atoms with van der Waals surface area (Å²) in [7, 11) is 0. The van der Waals surface area contributed by atoms with Gasteiger partial charge in [0.2, 0.25) is 0 Å². The zero-order valence-corrected chi connectivity index (χ0v) is 13.3. The second kappa shape index (κ2) is 6.83. The van der Waals surface area contributed by atoms with Crippen molar-refractivity contribution in [1.29, 1.82) is 0 Å². The smallest absolute Gasteiger partial charge is 0.255 e. The van der Waals surface area contributed by atoms with Gasteiger partial charge in [0.25, 0.3) is 5.91 Å². The molecule has 3 rings (SSSR count). The molecule has 2 heterocycles. The molecule has 0 aliphatic carbocycles. The van der Waals surface area contributed by atoms with Crippen molar-refractivity contribution in [2.24, 2.45) is 0 Å². The van der Waals surface area contributed by atoms with Crippen molar-refractivity contribution in [2.75, 3.05) is 13.2 Å².